The van der Waals surface area contributed by atoms with Crippen molar-refractivity contribution < 1.29 is 9.53 Å². The number of carbonyl (C=O) groups excluding carboxylic acids is 1. The second kappa shape index (κ2) is 11.5. The summed E-state index contributed by atoms with van der Waals surface area (Å²) in [5.74, 6) is -0.156. The minimum Gasteiger partial charge on any atom is -0.469 e. The highest BCUT2D eigenvalue weighted by atomic mass is 35.5. The molecular formula is C16H22Cl2N2O2S. The fourth-order valence-electron chi connectivity index (χ4n) is 1.97. The summed E-state index contributed by atoms with van der Waals surface area (Å²) in [7, 11) is 1.41. The predicted molar refractivity (Wildman–Crippen MR) is 99.3 cm³/mol. The van der Waals surface area contributed by atoms with E-state index in [-0.39, 0.29) is 5.97 Å². The fraction of sp³-hybridized carbons (Fsp3) is 0.500. The van der Waals surface area contributed by atoms with Crippen molar-refractivity contribution in [3.63, 3.8) is 0 Å². The van der Waals surface area contributed by atoms with Crippen molar-refractivity contribution in [2.24, 2.45) is 0 Å². The second-order valence-electron chi connectivity index (χ2n) is 5.06. The van der Waals surface area contributed by atoms with E-state index in [0.29, 0.717) is 28.1 Å². The Bertz CT molecular complexity index is 527. The Balaban J connectivity index is 2.07. The molecule has 0 bridgehead atoms. The molecule has 0 radical (unpaired) electrons. The lowest BCUT2D eigenvalue weighted by Gasteiger charge is -2.11. The molecule has 1 aromatic carbocycles. The van der Waals surface area contributed by atoms with Gasteiger partial charge in [0.25, 0.3) is 0 Å². The van der Waals surface area contributed by atoms with Gasteiger partial charge in [0.15, 0.2) is 5.11 Å². The largest absolute Gasteiger partial charge is 0.469 e. The van der Waals surface area contributed by atoms with Gasteiger partial charge >= 0.3 is 5.97 Å². The van der Waals surface area contributed by atoms with E-state index >= 15 is 0 Å². The first kappa shape index (κ1) is 20.0. The van der Waals surface area contributed by atoms with Gasteiger partial charge in [-0.1, -0.05) is 35.7 Å². The highest BCUT2D eigenvalue weighted by Crippen LogP contribution is 2.20. The van der Waals surface area contributed by atoms with Crippen LogP contribution in [0.1, 0.15) is 31.2 Å². The lowest BCUT2D eigenvalue weighted by Crippen LogP contribution is -2.36. The van der Waals surface area contributed by atoms with E-state index in [2.05, 4.69) is 15.4 Å². The highest BCUT2D eigenvalue weighted by Gasteiger charge is 2.02. The number of carbonyl (C=O) groups is 1. The summed E-state index contributed by atoms with van der Waals surface area (Å²) in [6.45, 7) is 1.49. The molecule has 7 heteroatoms. The van der Waals surface area contributed by atoms with Crippen LogP contribution in [0.15, 0.2) is 18.2 Å². The molecule has 23 heavy (non-hydrogen) atoms. The maximum absolute atomic E-state index is 10.9. The Morgan fingerprint density at radius 2 is 1.91 bits per heavy atom. The number of halogens is 2. The number of thiocarbonyl (C=S) groups is 1. The molecule has 0 aromatic heterocycles. The van der Waals surface area contributed by atoms with E-state index in [0.717, 1.165) is 37.8 Å². The molecule has 0 amide bonds. The minimum atomic E-state index is -0.156. The smallest absolute Gasteiger partial charge is 0.305 e. The molecule has 0 aliphatic heterocycles. The number of hydrogen-bond acceptors (Lipinski definition) is 3. The second-order valence-corrected chi connectivity index (χ2v) is 6.31. The summed E-state index contributed by atoms with van der Waals surface area (Å²) in [4.78, 5) is 10.9. The quantitative estimate of drug-likeness (QED) is 0.390. The summed E-state index contributed by atoms with van der Waals surface area (Å²) in [6.07, 6.45) is 4.01. The third-order valence-electron chi connectivity index (χ3n) is 3.27. The van der Waals surface area contributed by atoms with Gasteiger partial charge in [-0.25, -0.2) is 0 Å². The first-order valence-corrected chi connectivity index (χ1v) is 8.72. The van der Waals surface area contributed by atoms with Gasteiger partial charge in [0.1, 0.15) is 0 Å². The average molecular weight is 377 g/mol. The number of hydrogen-bond donors (Lipinski definition) is 2. The van der Waals surface area contributed by atoms with E-state index in [1.807, 2.05) is 12.1 Å². The minimum absolute atomic E-state index is 0.156. The van der Waals surface area contributed by atoms with E-state index in [1.165, 1.54) is 7.11 Å². The van der Waals surface area contributed by atoms with Gasteiger partial charge < -0.3 is 15.4 Å². The zero-order valence-electron chi connectivity index (χ0n) is 13.2. The molecule has 0 heterocycles. The number of methoxy groups -OCH3 is 1. The summed E-state index contributed by atoms with van der Waals surface area (Å²) in [5, 5.41) is 8.22. The molecule has 0 unspecified atom stereocenters. The van der Waals surface area contributed by atoms with Crippen molar-refractivity contribution in [2.75, 3.05) is 20.2 Å². The van der Waals surface area contributed by atoms with Crippen molar-refractivity contribution in [3.8, 4) is 0 Å². The molecule has 0 aliphatic carbocycles. The summed E-state index contributed by atoms with van der Waals surface area (Å²) < 4.78 is 4.59. The first-order chi connectivity index (χ1) is 11.0. The lowest BCUT2D eigenvalue weighted by molar-refractivity contribution is -0.140. The third-order valence-corrected chi connectivity index (χ3v) is 4.14. The molecule has 1 rings (SSSR count). The average Bonchev–Trinajstić information content (AvgIpc) is 2.52. The SMILES string of the molecule is COC(=O)CCCCCNC(=S)NCCc1ccc(Cl)cc1Cl. The van der Waals surface area contributed by atoms with Crippen LogP contribution in [-0.2, 0) is 16.0 Å². The van der Waals surface area contributed by atoms with Crippen LogP contribution in [0.3, 0.4) is 0 Å². The van der Waals surface area contributed by atoms with E-state index < -0.39 is 0 Å². The van der Waals surface area contributed by atoms with Gasteiger partial charge in [-0.05, 0) is 49.2 Å². The zero-order chi connectivity index (χ0) is 17.1. The van der Waals surface area contributed by atoms with Crippen LogP contribution < -0.4 is 10.6 Å². The first-order valence-electron chi connectivity index (χ1n) is 7.55. The van der Waals surface area contributed by atoms with E-state index in [1.54, 1.807) is 6.07 Å². The molecular weight excluding hydrogens is 355 g/mol. The Kier molecular flexibility index (Phi) is 9.99. The van der Waals surface area contributed by atoms with E-state index in [9.17, 15) is 4.79 Å². The summed E-state index contributed by atoms with van der Waals surface area (Å²) >= 11 is 17.2. The Hall–Kier alpha value is -1.04. The van der Waals surface area contributed by atoms with Crippen LogP contribution in [0, 0.1) is 0 Å². The Morgan fingerprint density at radius 3 is 2.61 bits per heavy atom. The standard InChI is InChI=1S/C16H22Cl2N2O2S/c1-22-15(21)5-3-2-4-9-19-16(23)20-10-8-12-6-7-13(17)11-14(12)18/h6-7,11H,2-5,8-10H2,1H3,(H2,19,20,23). The molecule has 1 aromatic rings. The summed E-state index contributed by atoms with van der Waals surface area (Å²) in [6, 6.07) is 5.49. The molecule has 0 spiro atoms. The molecule has 2 N–H and O–H groups in total. The topological polar surface area (TPSA) is 50.4 Å². The normalized spacial score (nSPS) is 10.2. The van der Waals surface area contributed by atoms with Crippen LogP contribution in [0.25, 0.3) is 0 Å². The molecule has 0 aliphatic rings. The number of benzene rings is 1. The van der Waals surface area contributed by atoms with Gasteiger partial charge in [0.05, 0.1) is 7.11 Å². The van der Waals surface area contributed by atoms with Crippen molar-refractivity contribution in [1.29, 1.82) is 0 Å². The number of nitrogens with one attached hydrogen (secondary N) is 2. The van der Waals surface area contributed by atoms with Gasteiger partial charge in [0, 0.05) is 29.6 Å². The summed E-state index contributed by atoms with van der Waals surface area (Å²) in [5.41, 5.74) is 1.04. The Morgan fingerprint density at radius 1 is 1.17 bits per heavy atom. The van der Waals surface area contributed by atoms with Crippen molar-refractivity contribution in [1.82, 2.24) is 10.6 Å². The van der Waals surface area contributed by atoms with Gasteiger partial charge in [-0.3, -0.25) is 4.79 Å². The van der Waals surface area contributed by atoms with Crippen LogP contribution in [0.2, 0.25) is 10.0 Å². The van der Waals surface area contributed by atoms with Gasteiger partial charge in [-0.2, -0.15) is 0 Å². The molecule has 4 nitrogen and oxygen atoms in total. The highest BCUT2D eigenvalue weighted by molar-refractivity contribution is 7.80. The van der Waals surface area contributed by atoms with Crippen LogP contribution in [0.5, 0.6) is 0 Å². The maximum Gasteiger partial charge on any atom is 0.305 e. The number of rotatable bonds is 9. The fourth-order valence-corrected chi connectivity index (χ4v) is 2.68. The van der Waals surface area contributed by atoms with Crippen molar-refractivity contribution in [3.05, 3.63) is 33.8 Å². The van der Waals surface area contributed by atoms with E-state index in [4.69, 9.17) is 35.4 Å². The maximum atomic E-state index is 10.9. The molecule has 0 atom stereocenters. The van der Waals surface area contributed by atoms with Crippen LogP contribution >= 0.6 is 35.4 Å². The van der Waals surface area contributed by atoms with Crippen LogP contribution in [0.4, 0.5) is 0 Å². The zero-order valence-corrected chi connectivity index (χ0v) is 15.5. The van der Waals surface area contributed by atoms with Gasteiger partial charge in [-0.15, -0.1) is 0 Å². The monoisotopic (exact) mass is 376 g/mol. The molecule has 128 valence electrons. The lowest BCUT2D eigenvalue weighted by atomic mass is 10.1. The Labute approximate surface area is 152 Å². The molecule has 0 saturated carbocycles. The predicted octanol–water partition coefficient (Wildman–Crippen LogP) is 3.73. The van der Waals surface area contributed by atoms with Crippen LogP contribution in [-0.4, -0.2) is 31.3 Å². The number of esters is 1. The third kappa shape index (κ3) is 8.98. The van der Waals surface area contributed by atoms with Crippen molar-refractivity contribution >= 4 is 46.5 Å². The molecule has 0 saturated heterocycles. The molecule has 0 fully saturated rings. The number of ether oxygens (including phenoxy) is 1. The number of unbranched alkanes of at least 4 members (excludes halogenated alkanes) is 2. The van der Waals surface area contributed by atoms with Crippen molar-refractivity contribution in [2.45, 2.75) is 32.1 Å². The van der Waals surface area contributed by atoms with Gasteiger partial charge in [0.2, 0.25) is 0 Å².